The van der Waals surface area contributed by atoms with E-state index >= 15 is 0 Å². The number of ether oxygens (including phenoxy) is 3. The first-order valence-electron chi connectivity index (χ1n) is 32.1. The summed E-state index contributed by atoms with van der Waals surface area (Å²) in [5, 5.41) is 10.7. The van der Waals surface area contributed by atoms with Gasteiger partial charge in [0.05, 0.1) is 17.3 Å². The van der Waals surface area contributed by atoms with Crippen molar-refractivity contribution in [3.63, 3.8) is 0 Å². The highest BCUT2D eigenvalue weighted by Gasteiger charge is 2.86. The fourth-order valence-corrected chi connectivity index (χ4v) is 26.9. The highest BCUT2D eigenvalue weighted by Crippen LogP contribution is 2.88. The lowest BCUT2D eigenvalue weighted by atomic mass is 9.31. The van der Waals surface area contributed by atoms with Crippen LogP contribution in [-0.4, -0.2) is 81.6 Å². The normalized spacial score (nSPS) is 60.9. The van der Waals surface area contributed by atoms with Crippen LogP contribution in [0.1, 0.15) is 260 Å². The number of amides is 2. The Morgan fingerprint density at radius 3 is 1.30 bits per heavy atom. The van der Waals surface area contributed by atoms with Crippen LogP contribution < -0.4 is 0 Å². The van der Waals surface area contributed by atoms with Crippen molar-refractivity contribution in [2.45, 2.75) is 295 Å². The molecule has 12 aliphatic rings. The summed E-state index contributed by atoms with van der Waals surface area (Å²) in [7, 11) is 0. The minimum atomic E-state index is -0.477. The molecule has 24 atom stereocenters. The summed E-state index contributed by atoms with van der Waals surface area (Å²) in [5.74, 6) is 2.79. The maximum absolute atomic E-state index is 12.5. The van der Waals surface area contributed by atoms with Crippen LogP contribution in [0.2, 0.25) is 0 Å². The van der Waals surface area contributed by atoms with Crippen molar-refractivity contribution in [1.29, 1.82) is 0 Å². The van der Waals surface area contributed by atoms with Crippen LogP contribution in [-0.2, 0) is 28.6 Å². The minimum absolute atomic E-state index is 0.00231. The van der Waals surface area contributed by atoms with E-state index in [2.05, 4.69) is 134 Å². The zero-order valence-corrected chi connectivity index (χ0v) is 52.6. The van der Waals surface area contributed by atoms with E-state index in [4.69, 9.17) is 14.2 Å². The Labute approximate surface area is 468 Å². The zero-order chi connectivity index (χ0) is 56.4. The van der Waals surface area contributed by atoms with Crippen molar-refractivity contribution in [1.82, 2.24) is 9.80 Å². The average molecular weight is 1070 g/mol. The van der Waals surface area contributed by atoms with Gasteiger partial charge in [-0.15, -0.1) is 0 Å². The molecule has 8 saturated carbocycles. The molecule has 1 N–H and O–H groups in total. The third kappa shape index (κ3) is 6.30. The molecule has 9 nitrogen and oxygen atoms in total. The Bertz CT molecular complexity index is 2430. The Kier molecular flexibility index (Phi) is 12.4. The molecule has 0 unspecified atom stereocenters. The zero-order valence-electron chi connectivity index (χ0n) is 52.6. The molecule has 2 spiro atoms. The van der Waals surface area contributed by atoms with E-state index in [1.807, 2.05) is 0 Å². The van der Waals surface area contributed by atoms with Gasteiger partial charge >= 0.3 is 5.97 Å². The van der Waals surface area contributed by atoms with Gasteiger partial charge in [0.15, 0.2) is 0 Å². The Balaban J connectivity index is 0.000000164. The van der Waals surface area contributed by atoms with E-state index in [0.29, 0.717) is 29.6 Å². The summed E-state index contributed by atoms with van der Waals surface area (Å²) in [6, 6.07) is 0. The van der Waals surface area contributed by atoms with Crippen LogP contribution in [0.4, 0.5) is 0 Å². The van der Waals surface area contributed by atoms with E-state index in [-0.39, 0.29) is 100 Å². The van der Waals surface area contributed by atoms with Crippen LogP contribution in [0.25, 0.3) is 0 Å². The van der Waals surface area contributed by atoms with Gasteiger partial charge in [-0.3, -0.25) is 14.4 Å². The summed E-state index contributed by atoms with van der Waals surface area (Å²) in [6.45, 7) is 48.6. The maximum atomic E-state index is 12.5. The molecule has 0 bridgehead atoms. The van der Waals surface area contributed by atoms with Crippen molar-refractivity contribution in [3.8, 4) is 0 Å². The quantitative estimate of drug-likeness (QED) is 0.222. The van der Waals surface area contributed by atoms with Crippen LogP contribution in [0.5, 0.6) is 0 Å². The van der Waals surface area contributed by atoms with Gasteiger partial charge in [-0.25, -0.2) is 0 Å². The molecule has 4 saturated heterocycles. The first-order valence-corrected chi connectivity index (χ1v) is 32.1. The van der Waals surface area contributed by atoms with Crippen LogP contribution in [0.3, 0.4) is 0 Å². The van der Waals surface area contributed by atoms with Crippen LogP contribution in [0.15, 0.2) is 0 Å². The molecular weight excluding hydrogens is 957 g/mol. The van der Waals surface area contributed by atoms with E-state index in [1.165, 1.54) is 51.4 Å². The predicted molar refractivity (Wildman–Crippen MR) is 305 cm³/mol. The van der Waals surface area contributed by atoms with Crippen LogP contribution >= 0.6 is 0 Å². The summed E-state index contributed by atoms with van der Waals surface area (Å²) in [5.41, 5.74) is 0.535. The molecule has 77 heavy (non-hydrogen) atoms. The Hall–Kier alpha value is -1.71. The second kappa shape index (κ2) is 16.8. The number of esters is 1. The lowest BCUT2D eigenvalue weighted by Crippen LogP contribution is -2.67. The first-order chi connectivity index (χ1) is 35.4. The number of nitrogens with zero attached hydrogens (tertiary/aromatic N) is 2. The molecule has 4 aliphatic heterocycles. The number of carbonyl (C=O) groups excluding carboxylic acids is 3. The predicted octanol–water partition coefficient (Wildman–Crippen LogP) is 14.9. The Morgan fingerprint density at radius 1 is 0.494 bits per heavy atom. The number of piperidine rings is 2. The third-order valence-electron chi connectivity index (χ3n) is 32.7. The van der Waals surface area contributed by atoms with Crippen molar-refractivity contribution >= 4 is 18.8 Å². The summed E-state index contributed by atoms with van der Waals surface area (Å²) >= 11 is 0. The lowest BCUT2D eigenvalue weighted by molar-refractivity contribution is -0.259. The molecule has 12 fully saturated rings. The molecule has 0 aromatic heterocycles. The molecule has 12 rings (SSSR count). The number of likely N-dealkylation sites (tertiary alicyclic amines) is 2. The fourth-order valence-electron chi connectivity index (χ4n) is 26.9. The van der Waals surface area contributed by atoms with E-state index < -0.39 is 11.4 Å². The summed E-state index contributed by atoms with van der Waals surface area (Å²) in [6.07, 6.45) is 24.6. The summed E-state index contributed by atoms with van der Waals surface area (Å²) < 4.78 is 20.7. The van der Waals surface area contributed by atoms with E-state index in [0.717, 1.165) is 103 Å². The number of rotatable bonds is 3. The van der Waals surface area contributed by atoms with Gasteiger partial charge in [-0.1, -0.05) is 111 Å². The van der Waals surface area contributed by atoms with Gasteiger partial charge in [0.2, 0.25) is 12.8 Å². The van der Waals surface area contributed by atoms with Gasteiger partial charge in [0, 0.05) is 42.7 Å². The number of fused-ring (bicyclic) bond motifs is 14. The summed E-state index contributed by atoms with van der Waals surface area (Å²) in [4.78, 5) is 40.9. The first kappa shape index (κ1) is 57.1. The molecule has 436 valence electrons. The van der Waals surface area contributed by atoms with E-state index in [9.17, 15) is 19.5 Å². The van der Waals surface area contributed by atoms with Gasteiger partial charge in [-0.2, -0.15) is 0 Å². The average Bonchev–Trinajstić information content (AvgIpc) is 3.91. The molecule has 4 heterocycles. The molecule has 8 aliphatic carbocycles. The minimum Gasteiger partial charge on any atom is -0.463 e. The number of hydrogen-bond donors (Lipinski definition) is 1. The van der Waals surface area contributed by atoms with Crippen molar-refractivity contribution in [2.24, 2.45) is 100 Å². The van der Waals surface area contributed by atoms with Crippen LogP contribution in [0, 0.1) is 100 Å². The highest BCUT2D eigenvalue weighted by atomic mass is 16.6. The Morgan fingerprint density at radius 2 is 0.896 bits per heavy atom. The second-order valence-corrected chi connectivity index (χ2v) is 34.0. The number of carbonyl (C=O) groups is 3. The van der Waals surface area contributed by atoms with E-state index in [1.54, 1.807) is 6.92 Å². The van der Waals surface area contributed by atoms with Crippen molar-refractivity contribution in [2.75, 3.05) is 13.1 Å². The largest absolute Gasteiger partial charge is 0.463 e. The molecular formula is C68H112N2O7. The molecule has 2 amide bonds. The molecule has 0 aromatic carbocycles. The monoisotopic (exact) mass is 1070 g/mol. The topological polar surface area (TPSA) is 106 Å². The van der Waals surface area contributed by atoms with Crippen molar-refractivity contribution < 1.29 is 33.7 Å². The lowest BCUT2D eigenvalue weighted by Gasteiger charge is -2.73. The number of hydrogen-bond acceptors (Lipinski definition) is 7. The SMILES string of the molecule is CC(=O)O[C@@H]1CC[C@@]2(C)[C@@](C)(CC[C@@H]3[C@]2(C)CC[C@]2(C)[C@@]4(C)[C@H](C)[C@]5(CC[C@H](C)CN5C=O)O[C@@]4(C)C[C@@]32C)C1.C[C@H]1CC[C@@]2(O[C@@]3(C)C[C@@]4(C)[C@@H]5CC[C@@]6(C)C[C@@H](O)CC[C@]6(C)[C@@]5(C)CC[C@]4(C)[C@@]3(C)[C@@H]2C)N(C=O)C1. The van der Waals surface area contributed by atoms with Gasteiger partial charge in [0.25, 0.3) is 0 Å². The highest BCUT2D eigenvalue weighted by molar-refractivity contribution is 5.66. The van der Waals surface area contributed by atoms with Gasteiger partial charge < -0.3 is 29.1 Å². The van der Waals surface area contributed by atoms with Gasteiger partial charge in [-0.05, 0) is 220 Å². The smallest absolute Gasteiger partial charge is 0.302 e. The third-order valence-corrected chi connectivity index (χ3v) is 32.7. The van der Waals surface area contributed by atoms with Gasteiger partial charge in [0.1, 0.15) is 17.6 Å². The molecule has 0 radical (unpaired) electrons. The number of aliphatic hydroxyl groups is 1. The molecule has 0 aromatic rings. The maximum Gasteiger partial charge on any atom is 0.302 e. The molecule has 9 heteroatoms. The van der Waals surface area contributed by atoms with Crippen molar-refractivity contribution in [3.05, 3.63) is 0 Å². The standard InChI is InChI=1S/C35H57NO4.C33H55NO3/c1-23-11-16-35(36(20-23)22-37)24(2)34(10)32(8)18-17-29(5)27(30(32,6)21-33(34,9)40-35)13-14-28(4)19-26(39-25(3)38)12-15-31(28,29)7;1-22-10-15-33(34(19-22)21-35)23(2)32(9)30(7)17-16-27(4)25(28(30,5)20-31(32,8)37-33)12-13-26(3)18-24(36)11-14-29(26,27)6/h22-24,26-27H,11-21H2,1-10H3;21-25,36H,10-20H2,1-9H3/t23-,24-,26+,27+,28-,29-,30-,31-,32-,33-,34+,35-;22-,23-,24-,25+,26-,27-,28-,29-,30-,31-,32+,33-/m00/s1. The number of aliphatic hydroxyl groups excluding tert-OH is 1. The fraction of sp³-hybridized carbons (Fsp3) is 0.956. The second-order valence-electron chi connectivity index (χ2n) is 34.0.